The molecule has 1 aliphatic carbocycles. The van der Waals surface area contributed by atoms with Crippen LogP contribution in [0.2, 0.25) is 5.02 Å². The number of nitrogens with zero attached hydrogens (tertiary/aromatic N) is 2. The molecule has 3 rings (SSSR count). The Morgan fingerprint density at radius 2 is 2.13 bits per heavy atom. The van der Waals surface area contributed by atoms with E-state index < -0.39 is 26.5 Å². The molecule has 0 unspecified atom stereocenters. The smallest absolute Gasteiger partial charge is 0.231 e. The number of aromatic nitrogens is 1. The Balaban J connectivity index is 1.81. The molecule has 0 spiro atoms. The summed E-state index contributed by atoms with van der Waals surface area (Å²) in [7, 11) is -2.10. The summed E-state index contributed by atoms with van der Waals surface area (Å²) >= 11 is 7.52. The number of benzene rings is 1. The van der Waals surface area contributed by atoms with Crippen LogP contribution in [0.3, 0.4) is 0 Å². The van der Waals surface area contributed by atoms with Gasteiger partial charge in [-0.3, -0.25) is 9.69 Å². The van der Waals surface area contributed by atoms with Crippen LogP contribution < -0.4 is 11.1 Å². The number of hydrogen-bond acceptors (Lipinski definition) is 7. The Morgan fingerprint density at radius 1 is 1.40 bits per heavy atom. The molecular formula is C19H24ClFN4O3S2. The molecule has 1 fully saturated rings. The van der Waals surface area contributed by atoms with Crippen LogP contribution in [0.15, 0.2) is 28.6 Å². The number of halogens is 2. The number of hydrogen-bond donors (Lipinski definition) is 2. The number of carbonyl (C=O) groups excluding carboxylic acids is 1. The van der Waals surface area contributed by atoms with E-state index in [0.717, 1.165) is 37.8 Å². The Kier molecular flexibility index (Phi) is 7.33. The van der Waals surface area contributed by atoms with E-state index in [1.54, 1.807) is 5.38 Å². The van der Waals surface area contributed by atoms with E-state index in [2.05, 4.69) is 10.3 Å². The number of anilines is 1. The van der Waals surface area contributed by atoms with Gasteiger partial charge in [-0.05, 0) is 32.0 Å². The summed E-state index contributed by atoms with van der Waals surface area (Å²) in [5, 5.41) is 5.42. The molecule has 1 aliphatic rings. The number of nitrogens with two attached hydrogens (primary N) is 1. The lowest BCUT2D eigenvalue weighted by Gasteiger charge is -2.38. The van der Waals surface area contributed by atoms with Crippen molar-refractivity contribution in [2.75, 3.05) is 18.9 Å². The molecule has 0 aliphatic heterocycles. The van der Waals surface area contributed by atoms with Crippen molar-refractivity contribution in [1.82, 2.24) is 9.88 Å². The summed E-state index contributed by atoms with van der Waals surface area (Å²) in [5.74, 6) is -1.66. The van der Waals surface area contributed by atoms with Crippen LogP contribution in [0, 0.1) is 5.82 Å². The average Bonchev–Trinajstić information content (AvgIpc) is 3.16. The third-order valence-electron chi connectivity index (χ3n) is 5.20. The Labute approximate surface area is 184 Å². The molecule has 1 aromatic carbocycles. The first-order chi connectivity index (χ1) is 14.2. The van der Waals surface area contributed by atoms with E-state index >= 15 is 0 Å². The van der Waals surface area contributed by atoms with Gasteiger partial charge < -0.3 is 11.1 Å². The number of amides is 1. The lowest BCUT2D eigenvalue weighted by atomic mass is 9.89. The largest absolute Gasteiger partial charge is 0.379 e. The fourth-order valence-corrected chi connectivity index (χ4v) is 6.44. The Morgan fingerprint density at radius 3 is 2.80 bits per heavy atom. The Hall–Kier alpha value is -1.75. The predicted octanol–water partition coefficient (Wildman–Crippen LogP) is 3.05. The van der Waals surface area contributed by atoms with Crippen LogP contribution in [-0.2, 0) is 20.4 Å². The first-order valence-electron chi connectivity index (χ1n) is 9.52. The molecule has 2 atom stereocenters. The number of carbonyl (C=O) groups is 1. The monoisotopic (exact) mass is 474 g/mol. The van der Waals surface area contributed by atoms with Gasteiger partial charge in [0, 0.05) is 23.7 Å². The molecule has 3 N–H and O–H groups in total. The highest BCUT2D eigenvalue weighted by Gasteiger charge is 2.30. The first-order valence-corrected chi connectivity index (χ1v) is 12.4. The molecule has 0 bridgehead atoms. The quantitative estimate of drug-likeness (QED) is 0.609. The van der Waals surface area contributed by atoms with E-state index in [0.29, 0.717) is 10.7 Å². The minimum atomic E-state index is -3.92. The number of rotatable bonds is 8. The average molecular weight is 475 g/mol. The highest BCUT2D eigenvalue weighted by Crippen LogP contribution is 2.33. The summed E-state index contributed by atoms with van der Waals surface area (Å²) in [6.45, 7) is 0.124. The highest BCUT2D eigenvalue weighted by molar-refractivity contribution is 7.90. The van der Waals surface area contributed by atoms with Crippen molar-refractivity contribution in [3.05, 3.63) is 39.6 Å². The van der Waals surface area contributed by atoms with Crippen LogP contribution >= 0.6 is 22.9 Å². The number of primary amides is 1. The third kappa shape index (κ3) is 5.48. The number of nitrogens with one attached hydrogen (secondary N) is 1. The maximum Gasteiger partial charge on any atom is 0.231 e. The van der Waals surface area contributed by atoms with Crippen LogP contribution in [0.5, 0.6) is 0 Å². The van der Waals surface area contributed by atoms with E-state index in [-0.39, 0.29) is 29.4 Å². The van der Waals surface area contributed by atoms with Gasteiger partial charge in [0.05, 0.1) is 17.3 Å². The topological polar surface area (TPSA) is 105 Å². The fourth-order valence-electron chi connectivity index (χ4n) is 3.81. The second-order valence-corrected chi connectivity index (χ2v) is 10.8. The molecule has 164 valence electrons. The third-order valence-corrected chi connectivity index (χ3v) is 8.11. The van der Waals surface area contributed by atoms with Crippen molar-refractivity contribution < 1.29 is 17.6 Å². The van der Waals surface area contributed by atoms with Crippen molar-refractivity contribution in [2.24, 2.45) is 5.73 Å². The molecule has 0 radical (unpaired) electrons. The van der Waals surface area contributed by atoms with Gasteiger partial charge in [-0.15, -0.1) is 11.3 Å². The highest BCUT2D eigenvalue weighted by atomic mass is 35.5. The van der Waals surface area contributed by atoms with Crippen molar-refractivity contribution in [3.63, 3.8) is 0 Å². The van der Waals surface area contributed by atoms with Gasteiger partial charge in [0.25, 0.3) is 0 Å². The van der Waals surface area contributed by atoms with E-state index in [9.17, 15) is 17.6 Å². The molecule has 11 heteroatoms. The zero-order valence-corrected chi connectivity index (χ0v) is 18.9. The van der Waals surface area contributed by atoms with Gasteiger partial charge in [-0.1, -0.05) is 24.4 Å². The normalized spacial score (nSPS) is 19.7. The minimum absolute atomic E-state index is 0.0266. The number of sulfone groups is 1. The maximum absolute atomic E-state index is 14.8. The van der Waals surface area contributed by atoms with E-state index in [1.165, 1.54) is 17.5 Å². The van der Waals surface area contributed by atoms with Crippen molar-refractivity contribution in [1.29, 1.82) is 0 Å². The standard InChI is InChI=1S/C19H24ClFN4O3S2/c1-25(10-18(22)26)16-5-3-2-4-14(16)24-15-9-13(21)17(8-12(15)20)30(27,28)11-19-23-6-7-29-19/h6-9,14,16,24H,2-5,10-11H2,1H3,(H2,22,26)/t14-,16-/m0/s1. The summed E-state index contributed by atoms with van der Waals surface area (Å²) in [5.41, 5.74) is 5.64. The lowest BCUT2D eigenvalue weighted by Crippen LogP contribution is -2.49. The van der Waals surface area contributed by atoms with Gasteiger partial charge in [0.1, 0.15) is 21.5 Å². The molecule has 1 amide bonds. The molecule has 1 heterocycles. The fraction of sp³-hybridized carbons (Fsp3) is 0.474. The van der Waals surface area contributed by atoms with Crippen LogP contribution in [0.1, 0.15) is 30.7 Å². The zero-order valence-electron chi connectivity index (χ0n) is 16.5. The predicted molar refractivity (Wildman–Crippen MR) is 116 cm³/mol. The van der Waals surface area contributed by atoms with E-state index in [4.69, 9.17) is 17.3 Å². The number of thiazole rings is 1. The van der Waals surface area contributed by atoms with Crippen molar-refractivity contribution in [3.8, 4) is 0 Å². The van der Waals surface area contributed by atoms with Crippen molar-refractivity contribution in [2.45, 2.75) is 48.4 Å². The van der Waals surface area contributed by atoms with Crippen LogP contribution in [0.4, 0.5) is 10.1 Å². The van der Waals surface area contributed by atoms with Gasteiger partial charge >= 0.3 is 0 Å². The maximum atomic E-state index is 14.8. The molecule has 1 aromatic heterocycles. The summed E-state index contributed by atoms with van der Waals surface area (Å²) in [6, 6.07) is 2.22. The van der Waals surface area contributed by atoms with Gasteiger partial charge in [-0.25, -0.2) is 17.8 Å². The van der Waals surface area contributed by atoms with Crippen molar-refractivity contribution >= 4 is 44.4 Å². The van der Waals surface area contributed by atoms with E-state index in [1.807, 2.05) is 11.9 Å². The molecule has 1 saturated carbocycles. The molecule has 30 heavy (non-hydrogen) atoms. The first kappa shape index (κ1) is 22.9. The molecular weight excluding hydrogens is 451 g/mol. The molecule has 7 nitrogen and oxygen atoms in total. The zero-order chi connectivity index (χ0) is 21.9. The summed E-state index contributed by atoms with van der Waals surface area (Å²) in [6.07, 6.45) is 5.18. The SMILES string of the molecule is CN(CC(N)=O)[C@H]1CCCC[C@@H]1Nc1cc(F)c(S(=O)(=O)Cc2nccs2)cc1Cl. The summed E-state index contributed by atoms with van der Waals surface area (Å²) in [4.78, 5) is 16.7. The van der Waals surface area contributed by atoms with Gasteiger partial charge in [-0.2, -0.15) is 0 Å². The van der Waals surface area contributed by atoms with Gasteiger partial charge in [0.15, 0.2) is 9.84 Å². The second kappa shape index (κ2) is 9.59. The summed E-state index contributed by atoms with van der Waals surface area (Å²) < 4.78 is 40.0. The van der Waals surface area contributed by atoms with Crippen LogP contribution in [-0.4, -0.2) is 49.9 Å². The Bertz CT molecular complexity index is 1000. The second-order valence-electron chi connectivity index (χ2n) is 7.43. The minimum Gasteiger partial charge on any atom is -0.379 e. The number of likely N-dealkylation sites (N-methyl/N-ethyl adjacent to an activating group) is 1. The lowest BCUT2D eigenvalue weighted by molar-refractivity contribution is -0.119. The molecule has 2 aromatic rings. The van der Waals surface area contributed by atoms with Crippen LogP contribution in [0.25, 0.3) is 0 Å². The van der Waals surface area contributed by atoms with Gasteiger partial charge in [0.2, 0.25) is 5.91 Å². The molecule has 0 saturated heterocycles.